The summed E-state index contributed by atoms with van der Waals surface area (Å²) in [5, 5.41) is 4.33. The first kappa shape index (κ1) is 25.7. The maximum Gasteiger partial charge on any atom is 0.341 e. The molecule has 0 aliphatic heterocycles. The molecule has 196 valence electrons. The topological polar surface area (TPSA) is 86.8 Å². The number of benzene rings is 2. The van der Waals surface area contributed by atoms with Crippen LogP contribution < -0.4 is 14.8 Å². The molecule has 38 heavy (non-hydrogen) atoms. The maximum absolute atomic E-state index is 13.8. The van der Waals surface area contributed by atoms with Crippen LogP contribution in [0.15, 0.2) is 48.5 Å². The van der Waals surface area contributed by atoms with Crippen LogP contribution in [-0.4, -0.2) is 37.7 Å². The number of aryl methyl sites for hydroxylation is 1. The molecule has 0 unspecified atom stereocenters. The van der Waals surface area contributed by atoms with Gasteiger partial charge in [-0.25, -0.2) is 9.78 Å². The zero-order valence-electron chi connectivity index (χ0n) is 21.8. The minimum Gasteiger partial charge on any atom is -0.497 e. The Morgan fingerprint density at radius 1 is 1.03 bits per heavy atom. The monoisotopic (exact) mass is 530 g/mol. The third-order valence-electron chi connectivity index (χ3n) is 6.69. The number of ether oxygens (including phenoxy) is 3. The molecule has 0 bridgehead atoms. The van der Waals surface area contributed by atoms with E-state index < -0.39 is 0 Å². The van der Waals surface area contributed by atoms with E-state index in [4.69, 9.17) is 19.2 Å². The molecule has 4 aromatic rings. The Balaban J connectivity index is 1.58. The van der Waals surface area contributed by atoms with E-state index in [1.54, 1.807) is 26.4 Å². The quantitative estimate of drug-likeness (QED) is 0.256. The van der Waals surface area contributed by atoms with Gasteiger partial charge < -0.3 is 19.5 Å². The average molecular weight is 531 g/mol. The lowest BCUT2D eigenvalue weighted by atomic mass is 9.95. The molecule has 1 amide bonds. The van der Waals surface area contributed by atoms with Crippen LogP contribution in [0.3, 0.4) is 0 Å². The first-order chi connectivity index (χ1) is 18.5. The van der Waals surface area contributed by atoms with Crippen molar-refractivity contribution < 1.29 is 23.8 Å². The molecule has 8 heteroatoms. The van der Waals surface area contributed by atoms with Gasteiger partial charge in [0, 0.05) is 21.9 Å². The number of fused-ring (bicyclic) bond motifs is 2. The van der Waals surface area contributed by atoms with E-state index in [0.29, 0.717) is 45.4 Å². The van der Waals surface area contributed by atoms with E-state index in [1.165, 1.54) is 11.3 Å². The molecule has 5 rings (SSSR count). The fourth-order valence-corrected chi connectivity index (χ4v) is 6.09. The third-order valence-corrected chi connectivity index (χ3v) is 7.89. The molecule has 1 N–H and O–H groups in total. The van der Waals surface area contributed by atoms with Gasteiger partial charge in [-0.15, -0.1) is 11.3 Å². The van der Waals surface area contributed by atoms with E-state index in [-0.39, 0.29) is 11.9 Å². The summed E-state index contributed by atoms with van der Waals surface area (Å²) in [6.45, 7) is 2.31. The van der Waals surface area contributed by atoms with Crippen molar-refractivity contribution in [2.24, 2.45) is 0 Å². The first-order valence-corrected chi connectivity index (χ1v) is 13.6. The fraction of sp³-hybridized carbons (Fsp3) is 0.300. The summed E-state index contributed by atoms with van der Waals surface area (Å²) < 4.78 is 16.4. The van der Waals surface area contributed by atoms with Crippen molar-refractivity contribution in [2.45, 2.75) is 39.0 Å². The van der Waals surface area contributed by atoms with E-state index in [1.807, 2.05) is 43.3 Å². The summed E-state index contributed by atoms with van der Waals surface area (Å²) in [5.41, 5.74) is 4.00. The van der Waals surface area contributed by atoms with Crippen LogP contribution in [0.1, 0.15) is 57.3 Å². The smallest absolute Gasteiger partial charge is 0.341 e. The highest BCUT2D eigenvalue weighted by Gasteiger charge is 2.28. The Bertz CT molecular complexity index is 1510. The molecule has 0 saturated carbocycles. The maximum atomic E-state index is 13.8. The molecule has 0 atom stereocenters. The Labute approximate surface area is 225 Å². The summed E-state index contributed by atoms with van der Waals surface area (Å²) in [6.07, 6.45) is 4.56. The van der Waals surface area contributed by atoms with Gasteiger partial charge in [0.25, 0.3) is 5.91 Å². The number of nitrogens with zero attached hydrogens (tertiary/aromatic N) is 1. The zero-order chi connectivity index (χ0) is 26.6. The van der Waals surface area contributed by atoms with Gasteiger partial charge in [0.15, 0.2) is 0 Å². The molecule has 2 aromatic heterocycles. The van der Waals surface area contributed by atoms with Crippen LogP contribution in [0.5, 0.6) is 11.5 Å². The van der Waals surface area contributed by atoms with Crippen LogP contribution in [0.2, 0.25) is 0 Å². The van der Waals surface area contributed by atoms with Crippen LogP contribution in [0.4, 0.5) is 5.00 Å². The molecule has 0 radical (unpaired) electrons. The number of esters is 1. The van der Waals surface area contributed by atoms with Crippen LogP contribution in [-0.2, 0) is 17.6 Å². The Kier molecular flexibility index (Phi) is 7.60. The Morgan fingerprint density at radius 3 is 2.63 bits per heavy atom. The predicted molar refractivity (Wildman–Crippen MR) is 150 cm³/mol. The van der Waals surface area contributed by atoms with E-state index in [9.17, 15) is 9.59 Å². The molecule has 2 heterocycles. The lowest BCUT2D eigenvalue weighted by Gasteiger charge is -2.14. The number of rotatable bonds is 8. The number of nitrogens with one attached hydrogen (secondary N) is 1. The van der Waals surface area contributed by atoms with Crippen molar-refractivity contribution in [3.63, 3.8) is 0 Å². The summed E-state index contributed by atoms with van der Waals surface area (Å²) in [4.78, 5) is 32.9. The van der Waals surface area contributed by atoms with Gasteiger partial charge in [-0.3, -0.25) is 4.79 Å². The molecule has 1 aliphatic rings. The van der Waals surface area contributed by atoms with Crippen molar-refractivity contribution in [3.8, 4) is 22.8 Å². The minimum atomic E-state index is -0.371. The summed E-state index contributed by atoms with van der Waals surface area (Å²) in [5.74, 6) is 0.573. The molecule has 0 fully saturated rings. The van der Waals surface area contributed by atoms with Gasteiger partial charge in [-0.2, -0.15) is 0 Å². The highest BCUT2D eigenvalue weighted by atomic mass is 32.1. The van der Waals surface area contributed by atoms with Crippen molar-refractivity contribution in [2.75, 3.05) is 26.1 Å². The lowest BCUT2D eigenvalue weighted by molar-refractivity contribution is 0.0505. The molecule has 2 aromatic carbocycles. The molecular weight excluding hydrogens is 500 g/mol. The van der Waals surface area contributed by atoms with E-state index in [0.717, 1.165) is 53.5 Å². The fourth-order valence-electron chi connectivity index (χ4n) is 4.82. The normalized spacial score (nSPS) is 12.6. The summed E-state index contributed by atoms with van der Waals surface area (Å²) in [7, 11) is 3.19. The van der Waals surface area contributed by atoms with Gasteiger partial charge >= 0.3 is 5.97 Å². The van der Waals surface area contributed by atoms with Gasteiger partial charge in [0.1, 0.15) is 16.5 Å². The predicted octanol–water partition coefficient (Wildman–Crippen LogP) is 6.68. The molecule has 0 saturated heterocycles. The highest BCUT2D eigenvalue weighted by Crippen LogP contribution is 2.39. The summed E-state index contributed by atoms with van der Waals surface area (Å²) in [6, 6.07) is 14.8. The first-order valence-electron chi connectivity index (χ1n) is 12.8. The van der Waals surface area contributed by atoms with Gasteiger partial charge in [0.2, 0.25) is 0 Å². The van der Waals surface area contributed by atoms with Gasteiger partial charge in [-0.1, -0.05) is 25.1 Å². The number of hydrogen-bond acceptors (Lipinski definition) is 7. The number of carbonyl (C=O) groups excluding carboxylic acids is 2. The Morgan fingerprint density at radius 2 is 1.84 bits per heavy atom. The second-order valence-electron chi connectivity index (χ2n) is 9.14. The number of amides is 1. The van der Waals surface area contributed by atoms with Crippen molar-refractivity contribution in [1.82, 2.24) is 4.98 Å². The largest absolute Gasteiger partial charge is 0.497 e. The number of hydrogen-bond donors (Lipinski definition) is 1. The second kappa shape index (κ2) is 11.2. The van der Waals surface area contributed by atoms with Gasteiger partial charge in [0.05, 0.1) is 43.2 Å². The Hall–Kier alpha value is -3.91. The number of thiophene rings is 1. The number of methoxy groups -OCH3 is 2. The number of pyridine rings is 1. The standard InChI is InChI=1S/C30H30N2O5S/c1-4-15-37-30(34)27-21-10-6-8-12-26(21)38-29(27)32-28(33)22-17-24(31-23-11-7-5-9-19(22)23)20-14-13-18(35-2)16-25(20)36-3/h5,7,9,11,13-14,16-17H,4,6,8,10,12,15H2,1-3H3,(H,32,33). The number of aromatic nitrogens is 1. The van der Waals surface area contributed by atoms with E-state index >= 15 is 0 Å². The van der Waals surface area contributed by atoms with Crippen LogP contribution in [0.25, 0.3) is 22.2 Å². The van der Waals surface area contributed by atoms with Crippen LogP contribution >= 0.6 is 11.3 Å². The third kappa shape index (κ3) is 4.96. The molecule has 7 nitrogen and oxygen atoms in total. The van der Waals surface area contributed by atoms with Gasteiger partial charge in [-0.05, 0) is 61.9 Å². The van der Waals surface area contributed by atoms with Crippen molar-refractivity contribution >= 4 is 39.1 Å². The SMILES string of the molecule is CCCOC(=O)c1c(NC(=O)c2cc(-c3ccc(OC)cc3OC)nc3ccccc23)sc2c1CCCC2. The molecular formula is C30H30N2O5S. The molecule has 0 spiro atoms. The van der Waals surface area contributed by atoms with E-state index in [2.05, 4.69) is 5.32 Å². The van der Waals surface area contributed by atoms with Crippen molar-refractivity contribution in [1.29, 1.82) is 0 Å². The minimum absolute atomic E-state index is 0.305. The second-order valence-corrected chi connectivity index (χ2v) is 10.2. The number of carbonyl (C=O) groups is 2. The summed E-state index contributed by atoms with van der Waals surface area (Å²) >= 11 is 1.48. The number of anilines is 1. The highest BCUT2D eigenvalue weighted by molar-refractivity contribution is 7.17. The zero-order valence-corrected chi connectivity index (χ0v) is 22.6. The lowest BCUT2D eigenvalue weighted by Crippen LogP contribution is -2.16. The average Bonchev–Trinajstić information content (AvgIpc) is 3.32. The number of para-hydroxylation sites is 1. The van der Waals surface area contributed by atoms with Crippen molar-refractivity contribution in [3.05, 3.63) is 70.1 Å². The van der Waals surface area contributed by atoms with Crippen LogP contribution in [0, 0.1) is 0 Å². The molecule has 1 aliphatic carbocycles.